The number of esters is 1. The standard InChI is InChI=1S/C40H45NO15/c1-18(2)9-25-36-24(12-29-38(25)52-17-51-29)27-15-50-35-23-11-20-3-5-21(42)10-19(20)4-6-22(23)28(13-26(35)37(27)54-36)55-56-39-34(47)33(46)30(53-40(39)48-8-7-41)16-49-32(45)14-31(43)44/h3,5,10,12-13,18,27,30,33-34,37,39-40,42,46-47H,4,6-9,11,14-17,41H2,1-2H3,(H,43,44)/t27-,30-,33-,34+,37-,39-,40-/m1/s1. The van der Waals surface area contributed by atoms with Crippen LogP contribution in [-0.2, 0) is 54.4 Å². The average molecular weight is 780 g/mol. The maximum absolute atomic E-state index is 11.9. The molecule has 56 heavy (non-hydrogen) atoms. The van der Waals surface area contributed by atoms with Crippen molar-refractivity contribution < 1.29 is 72.9 Å². The zero-order chi connectivity index (χ0) is 39.2. The van der Waals surface area contributed by atoms with Crippen molar-refractivity contribution in [3.05, 3.63) is 69.3 Å². The predicted molar refractivity (Wildman–Crippen MR) is 192 cm³/mol. The monoisotopic (exact) mass is 779 g/mol. The Morgan fingerprint density at radius 1 is 0.964 bits per heavy atom. The van der Waals surface area contributed by atoms with Crippen molar-refractivity contribution in [1.82, 2.24) is 0 Å². The number of hydrogen-bond acceptors (Lipinski definition) is 15. The molecule has 5 aliphatic rings. The highest BCUT2D eigenvalue weighted by molar-refractivity contribution is 5.90. The number of hydrogen-bond donors (Lipinski definition) is 5. The van der Waals surface area contributed by atoms with Gasteiger partial charge in [-0.15, -0.1) is 0 Å². The van der Waals surface area contributed by atoms with Crippen molar-refractivity contribution in [3.8, 4) is 34.5 Å². The second kappa shape index (κ2) is 15.6. The van der Waals surface area contributed by atoms with Crippen molar-refractivity contribution in [2.45, 2.75) is 88.7 Å². The average Bonchev–Trinajstić information content (AvgIpc) is 3.74. The van der Waals surface area contributed by atoms with Gasteiger partial charge in [0, 0.05) is 40.8 Å². The minimum Gasteiger partial charge on any atom is -0.508 e. The van der Waals surface area contributed by atoms with Gasteiger partial charge in [-0.25, -0.2) is 0 Å². The first-order valence-corrected chi connectivity index (χ1v) is 18.8. The number of nitrogens with two attached hydrogens (primary N) is 1. The number of carbonyl (C=O) groups is 2. The quantitative estimate of drug-likeness (QED) is 0.0771. The topological polar surface area (TPSA) is 224 Å². The van der Waals surface area contributed by atoms with Crippen LogP contribution in [-0.4, -0.2) is 96.2 Å². The van der Waals surface area contributed by atoms with Crippen LogP contribution < -0.4 is 29.6 Å². The van der Waals surface area contributed by atoms with Crippen molar-refractivity contribution in [2.75, 3.05) is 33.2 Å². The maximum Gasteiger partial charge on any atom is 0.317 e. The number of ether oxygens (including phenoxy) is 7. The Kier molecular flexibility index (Phi) is 10.6. The molecule has 3 aromatic carbocycles. The Morgan fingerprint density at radius 2 is 1.80 bits per heavy atom. The molecule has 0 saturated carbocycles. The number of aryl methyl sites for hydroxylation is 1. The Balaban J connectivity index is 1.13. The lowest BCUT2D eigenvalue weighted by atomic mass is 9.85. The molecule has 0 aromatic heterocycles. The first-order valence-electron chi connectivity index (χ1n) is 18.8. The van der Waals surface area contributed by atoms with Gasteiger partial charge in [0.15, 0.2) is 29.6 Å². The van der Waals surface area contributed by atoms with Gasteiger partial charge in [0.1, 0.15) is 54.7 Å². The zero-order valence-corrected chi connectivity index (χ0v) is 30.9. The molecule has 0 bridgehead atoms. The number of aromatic hydroxyl groups is 1. The molecule has 16 heteroatoms. The van der Waals surface area contributed by atoms with Crippen LogP contribution in [0.4, 0.5) is 0 Å². The number of benzene rings is 3. The lowest BCUT2D eigenvalue weighted by Gasteiger charge is -2.41. The third-order valence-electron chi connectivity index (χ3n) is 10.8. The molecule has 7 atom stereocenters. The molecule has 8 rings (SSSR count). The van der Waals surface area contributed by atoms with E-state index >= 15 is 0 Å². The molecular weight excluding hydrogens is 734 g/mol. The predicted octanol–water partition coefficient (Wildman–Crippen LogP) is 2.74. The molecule has 1 aliphatic carbocycles. The summed E-state index contributed by atoms with van der Waals surface area (Å²) in [4.78, 5) is 34.9. The number of aliphatic carboxylic acids is 1. The second-order valence-corrected chi connectivity index (χ2v) is 15.0. The lowest BCUT2D eigenvalue weighted by Crippen LogP contribution is -2.60. The number of carboxylic acid groups (broad SMARTS) is 1. The van der Waals surface area contributed by atoms with E-state index in [-0.39, 0.29) is 31.6 Å². The lowest BCUT2D eigenvalue weighted by molar-refractivity contribution is -0.372. The number of aliphatic hydroxyl groups is 2. The molecule has 300 valence electrons. The van der Waals surface area contributed by atoms with E-state index in [2.05, 4.69) is 13.8 Å². The summed E-state index contributed by atoms with van der Waals surface area (Å²) in [6.45, 7) is 4.27. The largest absolute Gasteiger partial charge is 0.508 e. The second-order valence-electron chi connectivity index (χ2n) is 15.0. The minimum absolute atomic E-state index is 0.0190. The Bertz CT molecular complexity index is 2000. The zero-order valence-electron chi connectivity index (χ0n) is 30.9. The number of rotatable bonds is 12. The summed E-state index contributed by atoms with van der Waals surface area (Å²) in [6, 6.07) is 9.11. The summed E-state index contributed by atoms with van der Waals surface area (Å²) in [6.07, 6.45) is -6.45. The summed E-state index contributed by atoms with van der Waals surface area (Å²) in [5.41, 5.74) is 12.0. The molecule has 0 amide bonds. The third kappa shape index (κ3) is 7.16. The highest BCUT2D eigenvalue weighted by Gasteiger charge is 2.49. The van der Waals surface area contributed by atoms with E-state index in [1.54, 1.807) is 12.1 Å². The SMILES string of the molecule is CC(C)Cc1c2c(cc3c1O[C@@H]1c4cc(OO[C@H]5[C@H](OCCN)O[C@H](COC(=O)CC(=O)O)[C@@H](O)[C@@H]5O)c5c(c4OC[C@H]31)Cc1ccc(O)cc1CC5)OCO2. The molecule has 1 saturated heterocycles. The molecule has 0 unspecified atom stereocenters. The van der Waals surface area contributed by atoms with Crippen molar-refractivity contribution in [3.63, 3.8) is 0 Å². The van der Waals surface area contributed by atoms with Crippen LogP contribution in [0.1, 0.15) is 71.2 Å². The van der Waals surface area contributed by atoms with E-state index in [0.29, 0.717) is 61.2 Å². The van der Waals surface area contributed by atoms with Crippen LogP contribution in [0.5, 0.6) is 34.5 Å². The van der Waals surface area contributed by atoms with E-state index in [4.69, 9.17) is 53.8 Å². The summed E-state index contributed by atoms with van der Waals surface area (Å²) in [7, 11) is 0. The molecule has 3 aromatic rings. The fourth-order valence-electron chi connectivity index (χ4n) is 8.19. The first kappa shape index (κ1) is 38.1. The van der Waals surface area contributed by atoms with Gasteiger partial charge in [0.05, 0.1) is 19.1 Å². The van der Waals surface area contributed by atoms with E-state index in [0.717, 1.165) is 44.7 Å². The van der Waals surface area contributed by atoms with E-state index in [1.165, 1.54) is 0 Å². The fraction of sp³-hybridized carbons (Fsp3) is 0.500. The van der Waals surface area contributed by atoms with E-state index in [9.17, 15) is 24.9 Å². The van der Waals surface area contributed by atoms with Crippen LogP contribution in [0.2, 0.25) is 0 Å². The van der Waals surface area contributed by atoms with Crippen molar-refractivity contribution >= 4 is 11.9 Å². The van der Waals surface area contributed by atoms with Gasteiger partial charge in [-0.3, -0.25) is 9.59 Å². The van der Waals surface area contributed by atoms with Crippen LogP contribution in [0.15, 0.2) is 30.3 Å². The number of phenolic OH excluding ortho intramolecular Hbond substituents is 1. The van der Waals surface area contributed by atoms with Crippen LogP contribution in [0, 0.1) is 5.92 Å². The van der Waals surface area contributed by atoms with E-state index < -0.39 is 61.8 Å². The molecular formula is C40H45NO15. The van der Waals surface area contributed by atoms with Crippen LogP contribution in [0.25, 0.3) is 0 Å². The fourth-order valence-corrected chi connectivity index (χ4v) is 8.19. The van der Waals surface area contributed by atoms with Gasteiger partial charge >= 0.3 is 11.9 Å². The van der Waals surface area contributed by atoms with Gasteiger partial charge in [0.2, 0.25) is 6.79 Å². The summed E-state index contributed by atoms with van der Waals surface area (Å²) < 4.78 is 41.9. The molecule has 16 nitrogen and oxygen atoms in total. The van der Waals surface area contributed by atoms with Gasteiger partial charge < -0.3 is 64.2 Å². The number of carbonyl (C=O) groups excluding carboxylic acids is 1. The Labute approximate surface area is 321 Å². The van der Waals surface area contributed by atoms with Crippen molar-refractivity contribution in [1.29, 1.82) is 0 Å². The number of fused-ring (bicyclic) bond motifs is 9. The summed E-state index contributed by atoms with van der Waals surface area (Å²) >= 11 is 0. The molecule has 0 spiro atoms. The van der Waals surface area contributed by atoms with Gasteiger partial charge in [-0.05, 0) is 60.6 Å². The Hall–Kier alpha value is -4.84. The maximum atomic E-state index is 11.9. The molecule has 6 N–H and O–H groups in total. The Morgan fingerprint density at radius 3 is 2.59 bits per heavy atom. The highest BCUT2D eigenvalue weighted by Crippen LogP contribution is 2.58. The summed E-state index contributed by atoms with van der Waals surface area (Å²) in [5, 5.41) is 41.5. The van der Waals surface area contributed by atoms with Crippen LogP contribution in [0.3, 0.4) is 0 Å². The molecule has 4 aliphatic heterocycles. The van der Waals surface area contributed by atoms with E-state index in [1.807, 2.05) is 18.2 Å². The van der Waals surface area contributed by atoms with Gasteiger partial charge in [-0.2, -0.15) is 4.89 Å². The van der Waals surface area contributed by atoms with Gasteiger partial charge in [0.25, 0.3) is 0 Å². The first-order chi connectivity index (χ1) is 27.0. The highest BCUT2D eigenvalue weighted by atomic mass is 17.2. The van der Waals surface area contributed by atoms with Crippen molar-refractivity contribution in [2.24, 2.45) is 11.7 Å². The normalized spacial score (nSPS) is 25.4. The third-order valence-corrected chi connectivity index (χ3v) is 10.8. The molecule has 0 radical (unpaired) electrons. The summed E-state index contributed by atoms with van der Waals surface area (Å²) in [5.74, 6) is 0.984. The number of carboxylic acids is 1. The number of aliphatic hydroxyl groups excluding tert-OH is 2. The number of phenols is 1. The van der Waals surface area contributed by atoms with Crippen LogP contribution >= 0.6 is 0 Å². The molecule has 1 fully saturated rings. The molecule has 4 heterocycles. The smallest absolute Gasteiger partial charge is 0.317 e. The minimum atomic E-state index is -1.66. The van der Waals surface area contributed by atoms with Gasteiger partial charge in [-0.1, -0.05) is 19.9 Å².